The van der Waals surface area contributed by atoms with E-state index in [0.29, 0.717) is 0 Å². The van der Waals surface area contributed by atoms with Crippen molar-refractivity contribution in [2.24, 2.45) is 0 Å². The van der Waals surface area contributed by atoms with Crippen LogP contribution >= 0.6 is 0 Å². The summed E-state index contributed by atoms with van der Waals surface area (Å²) in [6.07, 6.45) is 2.11. The largest absolute Gasteiger partial charge is 0.372 e. The molecule has 0 bridgehead atoms. The molecule has 12 heavy (non-hydrogen) atoms. The molecule has 0 saturated heterocycles. The minimum atomic E-state index is -0.0464. The van der Waals surface area contributed by atoms with E-state index >= 15 is 0 Å². The van der Waals surface area contributed by atoms with Gasteiger partial charge in [0.2, 0.25) is 0 Å². The number of rotatable bonds is 5. The Balaban J connectivity index is 3.46. The smallest absolute Gasteiger partial charge is 0.0678 e. The van der Waals surface area contributed by atoms with Gasteiger partial charge < -0.3 is 10.1 Å². The second-order valence-electron chi connectivity index (χ2n) is 3.99. The molecule has 0 aliphatic carbocycles. The molecule has 0 amide bonds. The highest BCUT2D eigenvalue weighted by Crippen LogP contribution is 2.09. The first kappa shape index (κ1) is 11.7. The van der Waals surface area contributed by atoms with E-state index in [1.165, 1.54) is 0 Å². The summed E-state index contributed by atoms with van der Waals surface area (Å²) in [4.78, 5) is 0. The Morgan fingerprint density at radius 3 is 2.50 bits per heavy atom. The maximum Gasteiger partial charge on any atom is 0.0678 e. The van der Waals surface area contributed by atoms with Gasteiger partial charge in [-0.05, 0) is 27.7 Å². The van der Waals surface area contributed by atoms with Crippen LogP contribution in [0.3, 0.4) is 0 Å². The molecule has 0 fully saturated rings. The van der Waals surface area contributed by atoms with E-state index in [2.05, 4.69) is 39.6 Å². The molecule has 2 nitrogen and oxygen atoms in total. The van der Waals surface area contributed by atoms with Crippen molar-refractivity contribution in [3.8, 4) is 0 Å². The van der Waals surface area contributed by atoms with Gasteiger partial charge in [0.1, 0.15) is 0 Å². The molecule has 0 rings (SSSR count). The van der Waals surface area contributed by atoms with Gasteiger partial charge in [0, 0.05) is 13.1 Å². The summed E-state index contributed by atoms with van der Waals surface area (Å²) in [5.74, 6) is 0. The fraction of sp³-hybridized carbons (Fsp3) is 0.800. The van der Waals surface area contributed by atoms with Gasteiger partial charge in [-0.1, -0.05) is 6.08 Å². The zero-order valence-corrected chi connectivity index (χ0v) is 8.68. The van der Waals surface area contributed by atoms with E-state index < -0.39 is 0 Å². The lowest BCUT2D eigenvalue weighted by atomic mass is 10.2. The van der Waals surface area contributed by atoms with Crippen LogP contribution in [0.1, 0.15) is 27.7 Å². The predicted molar refractivity (Wildman–Crippen MR) is 53.4 cm³/mol. The van der Waals surface area contributed by atoms with E-state index in [4.69, 9.17) is 4.74 Å². The molecule has 1 N–H and O–H groups in total. The molecule has 0 radical (unpaired) electrons. The van der Waals surface area contributed by atoms with Crippen LogP contribution in [0.4, 0.5) is 0 Å². The molecule has 72 valence electrons. The topological polar surface area (TPSA) is 21.3 Å². The zero-order valence-electron chi connectivity index (χ0n) is 8.68. The van der Waals surface area contributed by atoms with E-state index in [0.717, 1.165) is 13.1 Å². The molecule has 2 heteroatoms. The van der Waals surface area contributed by atoms with E-state index in [9.17, 15) is 0 Å². The second-order valence-corrected chi connectivity index (χ2v) is 3.99. The van der Waals surface area contributed by atoms with Gasteiger partial charge in [0.25, 0.3) is 0 Å². The van der Waals surface area contributed by atoms with Crippen molar-refractivity contribution < 1.29 is 4.74 Å². The lowest BCUT2D eigenvalue weighted by Gasteiger charge is -2.25. The van der Waals surface area contributed by atoms with Crippen LogP contribution in [0.2, 0.25) is 0 Å². The highest BCUT2D eigenvalue weighted by Gasteiger charge is 2.14. The third-order valence-corrected chi connectivity index (χ3v) is 1.28. The minimum Gasteiger partial charge on any atom is -0.372 e. The van der Waals surface area contributed by atoms with Gasteiger partial charge in [-0.2, -0.15) is 0 Å². The molecule has 0 aliphatic rings. The van der Waals surface area contributed by atoms with E-state index in [1.54, 1.807) is 0 Å². The summed E-state index contributed by atoms with van der Waals surface area (Å²) in [5.41, 5.74) is -0.0464. The van der Waals surface area contributed by atoms with Crippen molar-refractivity contribution in [1.82, 2.24) is 5.32 Å². The van der Waals surface area contributed by atoms with Crippen LogP contribution < -0.4 is 5.32 Å². The highest BCUT2D eigenvalue weighted by molar-refractivity contribution is 4.71. The van der Waals surface area contributed by atoms with Crippen LogP contribution in [-0.2, 0) is 4.74 Å². The fourth-order valence-corrected chi connectivity index (χ4v) is 1.03. The number of nitrogens with one attached hydrogen (secondary N) is 1. The molecule has 1 unspecified atom stereocenters. The summed E-state index contributed by atoms with van der Waals surface area (Å²) < 4.78 is 5.69. The molecular weight excluding hydrogens is 150 g/mol. The highest BCUT2D eigenvalue weighted by atomic mass is 16.5. The Morgan fingerprint density at radius 1 is 1.50 bits per heavy atom. The maximum atomic E-state index is 5.69. The molecule has 1 atom stereocenters. The molecule has 0 spiro atoms. The Kier molecular flexibility index (Phi) is 5.18. The lowest BCUT2D eigenvalue weighted by Crippen LogP contribution is -2.33. The normalized spacial score (nSPS) is 14.3. The van der Waals surface area contributed by atoms with Gasteiger partial charge in [-0.25, -0.2) is 0 Å². The van der Waals surface area contributed by atoms with Crippen LogP contribution in [-0.4, -0.2) is 24.8 Å². The molecule has 0 aliphatic heterocycles. The van der Waals surface area contributed by atoms with Gasteiger partial charge in [-0.15, -0.1) is 6.58 Å². The maximum absolute atomic E-state index is 5.69. The second kappa shape index (κ2) is 5.33. The third-order valence-electron chi connectivity index (χ3n) is 1.28. The summed E-state index contributed by atoms with van der Waals surface area (Å²) in [5, 5.41) is 3.21. The SMILES string of the molecule is C=CCNCC(C)OC(C)(C)C. The predicted octanol–water partition coefficient (Wildman–Crippen LogP) is 1.97. The first-order valence-electron chi connectivity index (χ1n) is 4.45. The van der Waals surface area contributed by atoms with Crippen LogP contribution in [0.5, 0.6) is 0 Å². The monoisotopic (exact) mass is 171 g/mol. The zero-order chi connectivity index (χ0) is 9.61. The summed E-state index contributed by atoms with van der Waals surface area (Å²) >= 11 is 0. The molecular formula is C10H21NO. The van der Waals surface area contributed by atoms with Gasteiger partial charge in [0.05, 0.1) is 11.7 Å². The summed E-state index contributed by atoms with van der Waals surface area (Å²) in [6, 6.07) is 0. The Hall–Kier alpha value is -0.340. The Bertz CT molecular complexity index is 126. The van der Waals surface area contributed by atoms with Crippen LogP contribution in [0.15, 0.2) is 12.7 Å². The minimum absolute atomic E-state index is 0.0464. The quantitative estimate of drug-likeness (QED) is 0.504. The standard InChI is InChI=1S/C10H21NO/c1-6-7-11-8-9(2)12-10(3,4)5/h6,9,11H,1,7-8H2,2-5H3. The lowest BCUT2D eigenvalue weighted by molar-refractivity contribution is -0.0495. The average Bonchev–Trinajstić information content (AvgIpc) is 1.84. The summed E-state index contributed by atoms with van der Waals surface area (Å²) in [7, 11) is 0. The summed E-state index contributed by atoms with van der Waals surface area (Å²) in [6.45, 7) is 13.6. The van der Waals surface area contributed by atoms with Crippen molar-refractivity contribution >= 4 is 0 Å². The molecule has 0 heterocycles. The number of hydrogen-bond acceptors (Lipinski definition) is 2. The van der Waals surface area contributed by atoms with Crippen LogP contribution in [0, 0.1) is 0 Å². The molecule has 0 aromatic heterocycles. The van der Waals surface area contributed by atoms with E-state index in [-0.39, 0.29) is 11.7 Å². The fourth-order valence-electron chi connectivity index (χ4n) is 1.03. The average molecular weight is 171 g/mol. The molecule has 0 aromatic carbocycles. The van der Waals surface area contributed by atoms with Crippen molar-refractivity contribution in [2.75, 3.05) is 13.1 Å². The molecule has 0 aromatic rings. The van der Waals surface area contributed by atoms with Crippen molar-refractivity contribution in [1.29, 1.82) is 0 Å². The van der Waals surface area contributed by atoms with Crippen molar-refractivity contribution in [3.63, 3.8) is 0 Å². The van der Waals surface area contributed by atoms with Gasteiger partial charge in [-0.3, -0.25) is 0 Å². The van der Waals surface area contributed by atoms with Gasteiger partial charge in [0.15, 0.2) is 0 Å². The van der Waals surface area contributed by atoms with Crippen LogP contribution in [0.25, 0.3) is 0 Å². The Labute approximate surface area is 76.0 Å². The third kappa shape index (κ3) is 7.76. The van der Waals surface area contributed by atoms with Gasteiger partial charge >= 0.3 is 0 Å². The number of ether oxygens (including phenoxy) is 1. The van der Waals surface area contributed by atoms with Crippen molar-refractivity contribution in [2.45, 2.75) is 39.4 Å². The first-order chi connectivity index (χ1) is 5.45. The van der Waals surface area contributed by atoms with Crippen molar-refractivity contribution in [3.05, 3.63) is 12.7 Å². The Morgan fingerprint density at radius 2 is 2.08 bits per heavy atom. The first-order valence-corrected chi connectivity index (χ1v) is 4.45. The number of hydrogen-bond donors (Lipinski definition) is 1. The van der Waals surface area contributed by atoms with E-state index in [1.807, 2.05) is 6.08 Å². The molecule has 0 saturated carbocycles.